The van der Waals surface area contributed by atoms with Crippen LogP contribution in [-0.2, 0) is 25.0 Å². The predicted octanol–water partition coefficient (Wildman–Crippen LogP) is 2.70. The molecule has 0 saturated carbocycles. The van der Waals surface area contributed by atoms with Gasteiger partial charge in [0.05, 0.1) is 30.3 Å². The maximum Gasteiger partial charge on any atom is 0.530 e. The minimum absolute atomic E-state index is 0.0109. The molecular formula is C20H19N4O6P. The van der Waals surface area contributed by atoms with Crippen molar-refractivity contribution in [1.82, 2.24) is 14.5 Å². The Labute approximate surface area is 176 Å². The number of nitrogen functional groups attached to an aromatic ring is 1. The number of para-hydroxylation sites is 1. The highest BCUT2D eigenvalue weighted by Gasteiger charge is 2.37. The molecule has 3 atom stereocenters. The fourth-order valence-electron chi connectivity index (χ4n) is 3.76. The topological polar surface area (TPSA) is 131 Å². The standard InChI is InChI=1S/C20H19N4O6P/c1-2-12-9-24(18-17(12)19(25)23-20(21)22-18)16-8-7-14(29-16)11-28-31(26)27-10-13-5-3-4-6-15(13)30-31/h1,3-6,9,14,16H,7-8,10-11H2,(H3,21,22,23,25). The number of fused-ring (bicyclic) bond motifs is 2. The Morgan fingerprint density at radius 2 is 2.23 bits per heavy atom. The number of terminal acetylenes is 1. The number of hydrogen-bond acceptors (Lipinski definition) is 8. The molecule has 3 aromatic rings. The van der Waals surface area contributed by atoms with Crippen molar-refractivity contribution in [2.75, 3.05) is 12.3 Å². The first kappa shape index (κ1) is 19.8. The van der Waals surface area contributed by atoms with Crippen LogP contribution < -0.4 is 15.8 Å². The van der Waals surface area contributed by atoms with Crippen LogP contribution >= 0.6 is 7.82 Å². The van der Waals surface area contributed by atoms with Gasteiger partial charge in [-0.05, 0) is 18.9 Å². The van der Waals surface area contributed by atoms with Gasteiger partial charge in [0.25, 0.3) is 5.56 Å². The molecule has 3 unspecified atom stereocenters. The fraction of sp³-hybridized carbons (Fsp3) is 0.300. The summed E-state index contributed by atoms with van der Waals surface area (Å²) in [6.07, 6.45) is 7.65. The second-order valence-electron chi connectivity index (χ2n) is 7.25. The molecule has 0 aliphatic carbocycles. The van der Waals surface area contributed by atoms with E-state index in [1.807, 2.05) is 12.1 Å². The Kier molecular flexibility index (Phi) is 4.84. The van der Waals surface area contributed by atoms with Gasteiger partial charge in [0.2, 0.25) is 5.95 Å². The minimum Gasteiger partial charge on any atom is -0.404 e. The van der Waals surface area contributed by atoms with E-state index in [0.717, 1.165) is 5.56 Å². The van der Waals surface area contributed by atoms with E-state index in [1.54, 1.807) is 22.9 Å². The lowest BCUT2D eigenvalue weighted by molar-refractivity contribution is -0.0225. The molecule has 0 amide bonds. The van der Waals surface area contributed by atoms with Crippen LogP contribution in [-0.4, -0.2) is 27.2 Å². The minimum atomic E-state index is -3.73. The molecule has 0 bridgehead atoms. The molecule has 31 heavy (non-hydrogen) atoms. The molecule has 10 nitrogen and oxygen atoms in total. The van der Waals surface area contributed by atoms with Crippen LogP contribution in [0.15, 0.2) is 35.3 Å². The largest absolute Gasteiger partial charge is 0.530 e. The molecule has 1 saturated heterocycles. The van der Waals surface area contributed by atoms with Crippen LogP contribution in [0.2, 0.25) is 0 Å². The van der Waals surface area contributed by atoms with Gasteiger partial charge >= 0.3 is 7.82 Å². The Bertz CT molecular complexity index is 1310. The molecule has 160 valence electrons. The van der Waals surface area contributed by atoms with Crippen molar-refractivity contribution in [1.29, 1.82) is 0 Å². The number of phosphoric ester groups is 1. The van der Waals surface area contributed by atoms with Crippen molar-refractivity contribution in [3.8, 4) is 18.1 Å². The van der Waals surface area contributed by atoms with Gasteiger partial charge in [0.1, 0.15) is 12.0 Å². The van der Waals surface area contributed by atoms with Crippen molar-refractivity contribution in [2.24, 2.45) is 0 Å². The zero-order valence-electron chi connectivity index (χ0n) is 16.3. The molecule has 11 heteroatoms. The number of H-pyrrole nitrogens is 1. The van der Waals surface area contributed by atoms with Gasteiger partial charge in [0.15, 0.2) is 5.65 Å². The molecule has 5 rings (SSSR count). The third-order valence-corrected chi connectivity index (χ3v) is 6.56. The van der Waals surface area contributed by atoms with Crippen LogP contribution in [0.5, 0.6) is 5.75 Å². The number of hydrogen-bond donors (Lipinski definition) is 2. The first-order chi connectivity index (χ1) is 15.0. The number of benzene rings is 1. The highest BCUT2D eigenvalue weighted by molar-refractivity contribution is 7.49. The maximum atomic E-state index is 12.8. The van der Waals surface area contributed by atoms with Gasteiger partial charge < -0.3 is 19.6 Å². The average molecular weight is 442 g/mol. The van der Waals surface area contributed by atoms with E-state index in [0.29, 0.717) is 29.8 Å². The number of nitrogens with zero attached hydrogens (tertiary/aromatic N) is 2. The summed E-state index contributed by atoms with van der Waals surface area (Å²) in [5, 5.41) is 0.284. The zero-order chi connectivity index (χ0) is 21.6. The van der Waals surface area contributed by atoms with E-state index >= 15 is 0 Å². The molecule has 2 aromatic heterocycles. The molecule has 1 fully saturated rings. The van der Waals surface area contributed by atoms with E-state index in [4.69, 9.17) is 30.5 Å². The number of ether oxygens (including phenoxy) is 1. The molecular weight excluding hydrogens is 423 g/mol. The summed E-state index contributed by atoms with van der Waals surface area (Å²) in [4.78, 5) is 18.9. The maximum absolute atomic E-state index is 12.8. The number of aromatic nitrogens is 3. The van der Waals surface area contributed by atoms with E-state index in [9.17, 15) is 9.36 Å². The monoisotopic (exact) mass is 442 g/mol. The molecule has 1 aromatic carbocycles. The second kappa shape index (κ2) is 7.55. The predicted molar refractivity (Wildman–Crippen MR) is 111 cm³/mol. The summed E-state index contributed by atoms with van der Waals surface area (Å²) in [6.45, 7) is 0.167. The molecule has 3 N–H and O–H groups in total. The van der Waals surface area contributed by atoms with Gasteiger partial charge in [-0.25, -0.2) is 4.57 Å². The Morgan fingerprint density at radius 3 is 3.06 bits per heavy atom. The lowest BCUT2D eigenvalue weighted by atomic mass is 10.2. The number of aromatic amines is 1. The molecule has 0 spiro atoms. The van der Waals surface area contributed by atoms with Crippen molar-refractivity contribution >= 4 is 24.8 Å². The third-order valence-electron chi connectivity index (χ3n) is 5.23. The molecule has 2 aliphatic heterocycles. The molecule has 2 aliphatic rings. The number of phosphoric acid groups is 1. The first-order valence-electron chi connectivity index (χ1n) is 9.65. The van der Waals surface area contributed by atoms with Gasteiger partial charge in [-0.1, -0.05) is 24.1 Å². The summed E-state index contributed by atoms with van der Waals surface area (Å²) in [5.74, 6) is 2.97. The number of rotatable bonds is 4. The van der Waals surface area contributed by atoms with Gasteiger partial charge in [-0.3, -0.25) is 18.8 Å². The first-order valence-corrected chi connectivity index (χ1v) is 11.1. The van der Waals surface area contributed by atoms with Crippen molar-refractivity contribution in [2.45, 2.75) is 31.8 Å². The SMILES string of the molecule is C#Cc1cn(C2CCC(COP3(=O)OCc4ccccc4O3)O2)c2nc(N)[nH]c(=O)c12. The van der Waals surface area contributed by atoms with Gasteiger partial charge in [-0.15, -0.1) is 6.42 Å². The Morgan fingerprint density at radius 1 is 1.39 bits per heavy atom. The highest BCUT2D eigenvalue weighted by Crippen LogP contribution is 2.54. The van der Waals surface area contributed by atoms with Crippen molar-refractivity contribution in [3.05, 3.63) is 51.9 Å². The molecule has 4 heterocycles. The van der Waals surface area contributed by atoms with Gasteiger partial charge in [-0.2, -0.15) is 4.98 Å². The number of anilines is 1. The molecule has 0 radical (unpaired) electrons. The smallest absolute Gasteiger partial charge is 0.404 e. The third kappa shape index (κ3) is 3.62. The van der Waals surface area contributed by atoms with Crippen molar-refractivity contribution < 1.29 is 22.9 Å². The normalized spacial score (nSPS) is 25.1. The average Bonchev–Trinajstić information content (AvgIpc) is 3.36. The van der Waals surface area contributed by atoms with E-state index in [1.165, 1.54) is 0 Å². The van der Waals surface area contributed by atoms with Crippen LogP contribution in [0.4, 0.5) is 5.95 Å². The zero-order valence-corrected chi connectivity index (χ0v) is 17.2. The number of nitrogens with two attached hydrogens (primary N) is 1. The van der Waals surface area contributed by atoms with Crippen molar-refractivity contribution in [3.63, 3.8) is 0 Å². The Hall–Kier alpha value is -3.09. The fourth-order valence-corrected chi connectivity index (χ4v) is 5.01. The Balaban J connectivity index is 1.30. The van der Waals surface area contributed by atoms with Crippen LogP contribution in [0.1, 0.15) is 30.2 Å². The summed E-state index contributed by atoms with van der Waals surface area (Å²) in [5.41, 5.74) is 6.85. The summed E-state index contributed by atoms with van der Waals surface area (Å²) in [6, 6.07) is 7.19. The summed E-state index contributed by atoms with van der Waals surface area (Å²) in [7, 11) is -3.73. The van der Waals surface area contributed by atoms with Crippen LogP contribution in [0.3, 0.4) is 0 Å². The second-order valence-corrected chi connectivity index (χ2v) is 8.84. The van der Waals surface area contributed by atoms with Crippen LogP contribution in [0, 0.1) is 12.3 Å². The lowest BCUT2D eigenvalue weighted by Gasteiger charge is -2.25. The highest BCUT2D eigenvalue weighted by atomic mass is 31.2. The van der Waals surface area contributed by atoms with Crippen LogP contribution in [0.25, 0.3) is 11.0 Å². The quantitative estimate of drug-likeness (QED) is 0.466. The lowest BCUT2D eigenvalue weighted by Crippen LogP contribution is -2.19. The van der Waals surface area contributed by atoms with E-state index in [2.05, 4.69) is 15.9 Å². The van der Waals surface area contributed by atoms with Gasteiger partial charge in [0, 0.05) is 11.8 Å². The van der Waals surface area contributed by atoms with E-state index < -0.39 is 19.6 Å². The summed E-state index contributed by atoms with van der Waals surface area (Å²) < 4.78 is 36.8. The van der Waals surface area contributed by atoms with E-state index in [-0.39, 0.29) is 30.7 Å². The summed E-state index contributed by atoms with van der Waals surface area (Å²) >= 11 is 0. The number of nitrogens with one attached hydrogen (secondary N) is 1.